The van der Waals surface area contributed by atoms with Crippen molar-refractivity contribution in [2.45, 2.75) is 57.5 Å². The number of nitrogens with one attached hydrogen (secondary N) is 1. The van der Waals surface area contributed by atoms with Crippen molar-refractivity contribution in [3.05, 3.63) is 18.0 Å². The first kappa shape index (κ1) is 19.0. The molecule has 4 rings (SSSR count). The summed E-state index contributed by atoms with van der Waals surface area (Å²) in [4.78, 5) is 38.2. The fourth-order valence-electron chi connectivity index (χ4n) is 4.67. The van der Waals surface area contributed by atoms with Crippen molar-refractivity contribution < 1.29 is 19.5 Å². The number of nitrogens with zero attached hydrogens (tertiary/aromatic N) is 3. The van der Waals surface area contributed by atoms with E-state index in [-0.39, 0.29) is 36.9 Å². The monoisotopic (exact) mass is 388 g/mol. The minimum atomic E-state index is -0.817. The molecule has 3 aliphatic rings. The lowest BCUT2D eigenvalue weighted by Crippen LogP contribution is -2.38. The molecule has 2 heterocycles. The van der Waals surface area contributed by atoms with E-state index in [1.807, 2.05) is 0 Å². The molecule has 0 radical (unpaired) electrons. The van der Waals surface area contributed by atoms with E-state index in [1.165, 1.54) is 17.3 Å². The van der Waals surface area contributed by atoms with Crippen molar-refractivity contribution in [2.75, 3.05) is 13.1 Å². The molecule has 0 unspecified atom stereocenters. The molecular formula is C20H28N4O4. The Labute approximate surface area is 164 Å². The number of hydrogen-bond acceptors (Lipinski definition) is 4. The number of hydrogen-bond donors (Lipinski definition) is 2. The number of likely N-dealkylation sites (tertiary alicyclic amines) is 1. The minimum Gasteiger partial charge on any atom is -0.481 e. The standard InChI is InChI=1S/C20H28N4O4/c25-18(22-15-4-2-1-3-5-15)12-24-9-14(8-21-24)19(26)23-10-16(13-6-7-13)17(11-23)20(27)28/h8-9,13,15-17H,1-7,10-12H2,(H,22,25)(H,27,28)/t16-,17+/m1/s1. The summed E-state index contributed by atoms with van der Waals surface area (Å²) in [5.41, 5.74) is 0.408. The Morgan fingerprint density at radius 1 is 1.11 bits per heavy atom. The van der Waals surface area contributed by atoms with Crippen molar-refractivity contribution >= 4 is 17.8 Å². The molecular weight excluding hydrogens is 360 g/mol. The van der Waals surface area contributed by atoms with E-state index in [0.717, 1.165) is 38.5 Å². The Morgan fingerprint density at radius 3 is 2.54 bits per heavy atom. The van der Waals surface area contributed by atoms with Crippen molar-refractivity contribution in [3.8, 4) is 0 Å². The van der Waals surface area contributed by atoms with Crippen LogP contribution < -0.4 is 5.32 Å². The zero-order chi connectivity index (χ0) is 19.7. The van der Waals surface area contributed by atoms with E-state index in [9.17, 15) is 19.5 Å². The van der Waals surface area contributed by atoms with E-state index in [0.29, 0.717) is 18.0 Å². The Kier molecular flexibility index (Phi) is 5.37. The highest BCUT2D eigenvalue weighted by atomic mass is 16.4. The van der Waals surface area contributed by atoms with Gasteiger partial charge in [-0.1, -0.05) is 19.3 Å². The SMILES string of the molecule is O=C(Cn1cc(C(=O)N2C[C@H](C(=O)O)[C@@H](C3CC3)C2)cn1)NC1CCCCC1. The first-order chi connectivity index (χ1) is 13.5. The second-order valence-corrected chi connectivity index (χ2v) is 8.49. The fourth-order valence-corrected chi connectivity index (χ4v) is 4.67. The molecule has 8 nitrogen and oxygen atoms in total. The third-order valence-corrected chi connectivity index (χ3v) is 6.35. The summed E-state index contributed by atoms with van der Waals surface area (Å²) in [5, 5.41) is 16.7. The quantitative estimate of drug-likeness (QED) is 0.769. The third kappa shape index (κ3) is 4.20. The van der Waals surface area contributed by atoms with E-state index >= 15 is 0 Å². The van der Waals surface area contributed by atoms with Crippen LogP contribution in [0.1, 0.15) is 55.3 Å². The molecule has 2 aliphatic carbocycles. The van der Waals surface area contributed by atoms with Crippen molar-refractivity contribution in [3.63, 3.8) is 0 Å². The number of aromatic nitrogens is 2. The summed E-state index contributed by atoms with van der Waals surface area (Å²) in [7, 11) is 0. The van der Waals surface area contributed by atoms with E-state index < -0.39 is 11.9 Å². The molecule has 1 saturated heterocycles. The second kappa shape index (κ2) is 7.93. The Hall–Kier alpha value is -2.38. The smallest absolute Gasteiger partial charge is 0.308 e. The number of carboxylic acids is 1. The van der Waals surface area contributed by atoms with E-state index in [1.54, 1.807) is 11.1 Å². The van der Waals surface area contributed by atoms with Gasteiger partial charge in [0.2, 0.25) is 5.91 Å². The fraction of sp³-hybridized carbons (Fsp3) is 0.700. The number of carbonyl (C=O) groups is 3. The zero-order valence-electron chi connectivity index (χ0n) is 16.0. The average Bonchev–Trinajstić information content (AvgIpc) is 3.25. The molecule has 1 aliphatic heterocycles. The van der Waals surface area contributed by atoms with Gasteiger partial charge in [0.1, 0.15) is 6.54 Å². The molecule has 2 saturated carbocycles. The molecule has 3 fully saturated rings. The van der Waals surface area contributed by atoms with Crippen LogP contribution in [0.5, 0.6) is 0 Å². The number of rotatable bonds is 6. The highest BCUT2D eigenvalue weighted by molar-refractivity contribution is 5.94. The number of aliphatic carboxylic acids is 1. The third-order valence-electron chi connectivity index (χ3n) is 6.35. The average molecular weight is 388 g/mol. The van der Waals surface area contributed by atoms with Crippen molar-refractivity contribution in [2.24, 2.45) is 17.8 Å². The van der Waals surface area contributed by atoms with Crippen LogP contribution >= 0.6 is 0 Å². The molecule has 1 aromatic heterocycles. The van der Waals surface area contributed by atoms with Crippen LogP contribution in [0.25, 0.3) is 0 Å². The van der Waals surface area contributed by atoms with Gasteiger partial charge >= 0.3 is 5.97 Å². The highest BCUT2D eigenvalue weighted by Crippen LogP contribution is 2.44. The van der Waals surface area contributed by atoms with Gasteiger partial charge in [0.25, 0.3) is 5.91 Å². The van der Waals surface area contributed by atoms with Gasteiger partial charge in [0, 0.05) is 25.3 Å². The second-order valence-electron chi connectivity index (χ2n) is 8.49. The Morgan fingerprint density at radius 2 is 1.86 bits per heavy atom. The van der Waals surface area contributed by atoms with E-state index in [4.69, 9.17) is 0 Å². The van der Waals surface area contributed by atoms with Gasteiger partial charge in [0.15, 0.2) is 0 Å². The van der Waals surface area contributed by atoms with Crippen LogP contribution in [0.3, 0.4) is 0 Å². The van der Waals surface area contributed by atoms with Crippen LogP contribution in [0.15, 0.2) is 12.4 Å². The lowest BCUT2D eigenvalue weighted by molar-refractivity contribution is -0.142. The lowest BCUT2D eigenvalue weighted by atomic mass is 9.92. The maximum Gasteiger partial charge on any atom is 0.308 e. The predicted molar refractivity (Wildman–Crippen MR) is 100 cm³/mol. The molecule has 0 aromatic carbocycles. The minimum absolute atomic E-state index is 0.0535. The molecule has 1 aromatic rings. The van der Waals surface area contributed by atoms with Crippen LogP contribution in [-0.2, 0) is 16.1 Å². The van der Waals surface area contributed by atoms with Gasteiger partial charge in [-0.25, -0.2) is 0 Å². The number of amides is 2. The summed E-state index contributed by atoms with van der Waals surface area (Å²) < 4.78 is 1.48. The lowest BCUT2D eigenvalue weighted by Gasteiger charge is -2.22. The van der Waals surface area contributed by atoms with Crippen molar-refractivity contribution in [1.29, 1.82) is 0 Å². The molecule has 2 atom stereocenters. The number of carboxylic acid groups (broad SMARTS) is 1. The van der Waals surface area contributed by atoms with Gasteiger partial charge < -0.3 is 15.3 Å². The van der Waals surface area contributed by atoms with Gasteiger partial charge in [-0.2, -0.15) is 5.10 Å². The predicted octanol–water partition coefficient (Wildman–Crippen LogP) is 1.51. The summed E-state index contributed by atoms with van der Waals surface area (Å²) in [5.74, 6) is -1.10. The topological polar surface area (TPSA) is 105 Å². The van der Waals surface area contributed by atoms with Gasteiger partial charge in [-0.15, -0.1) is 0 Å². The molecule has 2 N–H and O–H groups in total. The number of carbonyl (C=O) groups excluding carboxylic acids is 2. The van der Waals surface area contributed by atoms with Gasteiger partial charge in [-0.3, -0.25) is 19.1 Å². The highest BCUT2D eigenvalue weighted by Gasteiger charge is 2.47. The molecule has 2 amide bonds. The molecule has 0 spiro atoms. The molecule has 8 heteroatoms. The summed E-state index contributed by atoms with van der Waals surface area (Å²) in [6.07, 6.45) is 10.8. The summed E-state index contributed by atoms with van der Waals surface area (Å²) in [6.45, 7) is 0.836. The van der Waals surface area contributed by atoms with Crippen LogP contribution in [0.4, 0.5) is 0 Å². The maximum atomic E-state index is 12.8. The van der Waals surface area contributed by atoms with Gasteiger partial charge in [0.05, 0.1) is 17.7 Å². The largest absolute Gasteiger partial charge is 0.481 e. The van der Waals surface area contributed by atoms with E-state index in [2.05, 4.69) is 10.4 Å². The van der Waals surface area contributed by atoms with Crippen LogP contribution in [0, 0.1) is 17.8 Å². The zero-order valence-corrected chi connectivity index (χ0v) is 16.0. The normalized spacial score (nSPS) is 25.6. The molecule has 0 bridgehead atoms. The van der Waals surface area contributed by atoms with Crippen LogP contribution in [-0.4, -0.2) is 56.7 Å². The molecule has 152 valence electrons. The molecule has 28 heavy (non-hydrogen) atoms. The van der Waals surface area contributed by atoms with Gasteiger partial charge in [-0.05, 0) is 37.5 Å². The van der Waals surface area contributed by atoms with Crippen molar-refractivity contribution in [1.82, 2.24) is 20.0 Å². The Bertz CT molecular complexity index is 751. The first-order valence-corrected chi connectivity index (χ1v) is 10.3. The van der Waals surface area contributed by atoms with Crippen LogP contribution in [0.2, 0.25) is 0 Å². The summed E-state index contributed by atoms with van der Waals surface area (Å²) >= 11 is 0. The first-order valence-electron chi connectivity index (χ1n) is 10.3. The maximum absolute atomic E-state index is 12.8. The summed E-state index contributed by atoms with van der Waals surface area (Å²) in [6, 6.07) is 0.245. The Balaban J connectivity index is 1.34.